The molecule has 0 aromatic rings. The molecule has 0 saturated heterocycles. The second-order valence-corrected chi connectivity index (χ2v) is 20.7. The first-order valence-electron chi connectivity index (χ1n) is 30.1. The molecule has 0 aliphatic rings. The number of carbonyl (C=O) groups is 2. The van der Waals surface area contributed by atoms with Crippen molar-refractivity contribution >= 4 is 11.9 Å². The number of hydrogen-bond donors (Lipinski definition) is 3. The molecule has 0 aliphatic heterocycles. The molecule has 2 unspecified atom stereocenters. The van der Waals surface area contributed by atoms with Gasteiger partial charge >= 0.3 is 5.97 Å². The van der Waals surface area contributed by atoms with E-state index in [0.717, 1.165) is 57.8 Å². The monoisotopic (exact) mass is 944 g/mol. The van der Waals surface area contributed by atoms with Crippen LogP contribution in [0.1, 0.15) is 328 Å². The molecule has 396 valence electrons. The zero-order valence-corrected chi connectivity index (χ0v) is 45.1. The van der Waals surface area contributed by atoms with Crippen LogP contribution in [0, 0.1) is 0 Å². The molecule has 0 aromatic carbocycles. The van der Waals surface area contributed by atoms with Gasteiger partial charge in [0.25, 0.3) is 0 Å². The van der Waals surface area contributed by atoms with Gasteiger partial charge in [-0.05, 0) is 51.4 Å². The van der Waals surface area contributed by atoms with Crippen molar-refractivity contribution in [2.45, 2.75) is 341 Å². The van der Waals surface area contributed by atoms with Crippen LogP contribution < -0.4 is 5.32 Å². The normalized spacial score (nSPS) is 12.7. The summed E-state index contributed by atoms with van der Waals surface area (Å²) in [7, 11) is 0. The highest BCUT2D eigenvalue weighted by atomic mass is 16.5. The lowest BCUT2D eigenvalue weighted by molar-refractivity contribution is -0.143. The largest absolute Gasteiger partial charge is 0.466 e. The van der Waals surface area contributed by atoms with E-state index in [2.05, 4.69) is 43.5 Å². The molecule has 6 nitrogen and oxygen atoms in total. The minimum absolute atomic E-state index is 0.0108. The molecule has 0 bridgehead atoms. The predicted octanol–water partition coefficient (Wildman–Crippen LogP) is 18.6. The van der Waals surface area contributed by atoms with E-state index in [4.69, 9.17) is 4.74 Å². The van der Waals surface area contributed by atoms with Crippen LogP contribution in [-0.2, 0) is 14.3 Å². The molecule has 67 heavy (non-hydrogen) atoms. The van der Waals surface area contributed by atoms with Crippen molar-refractivity contribution in [1.29, 1.82) is 0 Å². The molecule has 3 N–H and O–H groups in total. The highest BCUT2D eigenvalue weighted by Gasteiger charge is 2.20. The van der Waals surface area contributed by atoms with Crippen LogP contribution in [0.2, 0.25) is 0 Å². The number of unbranched alkanes of at least 4 members (excludes halogenated alkanes) is 41. The lowest BCUT2D eigenvalue weighted by Crippen LogP contribution is -2.45. The second-order valence-electron chi connectivity index (χ2n) is 20.7. The van der Waals surface area contributed by atoms with E-state index in [9.17, 15) is 19.8 Å². The average molecular weight is 945 g/mol. The van der Waals surface area contributed by atoms with Gasteiger partial charge in [-0.2, -0.15) is 0 Å². The Morgan fingerprint density at radius 2 is 0.761 bits per heavy atom. The Hall–Kier alpha value is -1.66. The standard InChI is InChI=1S/C61H117NO5/c1-3-5-7-9-11-13-15-17-19-20-21-22-23-26-29-33-37-41-45-49-53-59(64)58(57-63)62-60(65)54-50-46-42-38-34-30-27-24-25-28-32-36-40-44-48-52-56-67-61(66)55-51-47-43-39-35-31-18-16-14-12-10-8-6-4-2/h10,12,16,18,58-59,63-64H,3-9,11,13-15,17,19-57H2,1-2H3,(H,62,65)/b12-10-,18-16-. The Labute approximate surface area is 418 Å². The summed E-state index contributed by atoms with van der Waals surface area (Å²) in [6.45, 7) is 4.91. The van der Waals surface area contributed by atoms with E-state index in [1.807, 2.05) is 0 Å². The molecule has 0 rings (SSSR count). The summed E-state index contributed by atoms with van der Waals surface area (Å²) in [5, 5.41) is 23.3. The van der Waals surface area contributed by atoms with Gasteiger partial charge in [-0.3, -0.25) is 9.59 Å². The number of allylic oxidation sites excluding steroid dienone is 4. The van der Waals surface area contributed by atoms with Crippen molar-refractivity contribution in [3.8, 4) is 0 Å². The van der Waals surface area contributed by atoms with Gasteiger partial charge in [0, 0.05) is 12.8 Å². The number of esters is 1. The van der Waals surface area contributed by atoms with Gasteiger partial charge in [-0.25, -0.2) is 0 Å². The SMILES string of the molecule is CCCC/C=C\C/C=C\CCCCCCCC(=O)OCCCCCCCCCCCCCCCCCCC(=O)NC(CO)C(O)CCCCCCCCCCCCCCCCCCCCCC. The third-order valence-electron chi connectivity index (χ3n) is 14.0. The van der Waals surface area contributed by atoms with Crippen molar-refractivity contribution < 1.29 is 24.5 Å². The molecular formula is C61H117NO5. The quantitative estimate of drug-likeness (QED) is 0.0321. The number of aliphatic hydroxyl groups excluding tert-OH is 2. The van der Waals surface area contributed by atoms with Crippen LogP contribution in [0.4, 0.5) is 0 Å². The number of ether oxygens (including phenoxy) is 1. The van der Waals surface area contributed by atoms with Gasteiger partial charge < -0.3 is 20.3 Å². The van der Waals surface area contributed by atoms with Crippen molar-refractivity contribution in [1.82, 2.24) is 5.32 Å². The zero-order chi connectivity index (χ0) is 48.6. The Morgan fingerprint density at radius 1 is 0.418 bits per heavy atom. The maximum Gasteiger partial charge on any atom is 0.305 e. The molecule has 0 fully saturated rings. The lowest BCUT2D eigenvalue weighted by atomic mass is 10.0. The first kappa shape index (κ1) is 65.3. The van der Waals surface area contributed by atoms with E-state index in [-0.39, 0.29) is 18.5 Å². The average Bonchev–Trinajstić information content (AvgIpc) is 3.33. The van der Waals surface area contributed by atoms with Crippen LogP contribution >= 0.6 is 0 Å². The number of aliphatic hydroxyl groups is 2. The highest BCUT2D eigenvalue weighted by molar-refractivity contribution is 5.76. The maximum atomic E-state index is 12.5. The fraction of sp³-hybridized carbons (Fsp3) is 0.902. The van der Waals surface area contributed by atoms with Crippen LogP contribution in [0.25, 0.3) is 0 Å². The minimum Gasteiger partial charge on any atom is -0.466 e. The summed E-state index contributed by atoms with van der Waals surface area (Å²) in [4.78, 5) is 24.5. The molecule has 0 spiro atoms. The Kier molecular flexibility index (Phi) is 55.5. The number of rotatable bonds is 56. The number of carbonyl (C=O) groups excluding carboxylic acids is 2. The van der Waals surface area contributed by atoms with Crippen LogP contribution in [-0.4, -0.2) is 47.4 Å². The van der Waals surface area contributed by atoms with Gasteiger partial charge in [-0.15, -0.1) is 0 Å². The molecule has 0 aliphatic carbocycles. The van der Waals surface area contributed by atoms with Crippen molar-refractivity contribution in [3.63, 3.8) is 0 Å². The summed E-state index contributed by atoms with van der Waals surface area (Å²) in [6.07, 6.45) is 68.8. The number of amides is 1. The maximum absolute atomic E-state index is 12.5. The van der Waals surface area contributed by atoms with Crippen LogP contribution in [0.15, 0.2) is 24.3 Å². The molecule has 0 saturated carbocycles. The first-order chi connectivity index (χ1) is 33.0. The molecule has 0 heterocycles. The highest BCUT2D eigenvalue weighted by Crippen LogP contribution is 2.18. The molecule has 0 aromatic heterocycles. The van der Waals surface area contributed by atoms with Crippen molar-refractivity contribution in [2.75, 3.05) is 13.2 Å². The first-order valence-corrected chi connectivity index (χ1v) is 30.1. The third-order valence-corrected chi connectivity index (χ3v) is 14.0. The van der Waals surface area contributed by atoms with E-state index >= 15 is 0 Å². The van der Waals surface area contributed by atoms with Crippen LogP contribution in [0.3, 0.4) is 0 Å². The fourth-order valence-corrected chi connectivity index (χ4v) is 9.36. The summed E-state index contributed by atoms with van der Waals surface area (Å²) in [5.74, 6) is -0.0501. The lowest BCUT2D eigenvalue weighted by Gasteiger charge is -2.22. The zero-order valence-electron chi connectivity index (χ0n) is 45.1. The van der Waals surface area contributed by atoms with Gasteiger partial charge in [0.15, 0.2) is 0 Å². The smallest absolute Gasteiger partial charge is 0.305 e. The summed E-state index contributed by atoms with van der Waals surface area (Å²) in [5.41, 5.74) is 0. The fourth-order valence-electron chi connectivity index (χ4n) is 9.36. The van der Waals surface area contributed by atoms with Gasteiger partial charge in [0.05, 0.1) is 25.4 Å². The molecule has 0 radical (unpaired) electrons. The van der Waals surface area contributed by atoms with Gasteiger partial charge in [-0.1, -0.05) is 289 Å². The van der Waals surface area contributed by atoms with Crippen molar-refractivity contribution in [2.24, 2.45) is 0 Å². The summed E-state index contributed by atoms with van der Waals surface area (Å²) >= 11 is 0. The predicted molar refractivity (Wildman–Crippen MR) is 292 cm³/mol. The Balaban J connectivity index is 3.43. The van der Waals surface area contributed by atoms with Gasteiger partial charge in [0.1, 0.15) is 0 Å². The van der Waals surface area contributed by atoms with Crippen molar-refractivity contribution in [3.05, 3.63) is 24.3 Å². The topological polar surface area (TPSA) is 95.9 Å². The van der Waals surface area contributed by atoms with E-state index in [1.54, 1.807) is 0 Å². The van der Waals surface area contributed by atoms with Crippen LogP contribution in [0.5, 0.6) is 0 Å². The molecule has 1 amide bonds. The minimum atomic E-state index is -0.670. The molecule has 2 atom stereocenters. The molecule has 6 heteroatoms. The second kappa shape index (κ2) is 56.9. The molecular weight excluding hydrogens is 827 g/mol. The van der Waals surface area contributed by atoms with E-state index in [1.165, 1.54) is 238 Å². The number of hydrogen-bond acceptors (Lipinski definition) is 5. The van der Waals surface area contributed by atoms with Gasteiger partial charge in [0.2, 0.25) is 5.91 Å². The third kappa shape index (κ3) is 53.5. The Morgan fingerprint density at radius 3 is 1.18 bits per heavy atom. The summed E-state index contributed by atoms with van der Waals surface area (Å²) < 4.78 is 5.47. The Bertz CT molecular complexity index is 1040. The summed E-state index contributed by atoms with van der Waals surface area (Å²) in [6, 6.07) is -0.548. The van der Waals surface area contributed by atoms with E-state index < -0.39 is 12.1 Å². The number of nitrogens with one attached hydrogen (secondary N) is 1. The van der Waals surface area contributed by atoms with E-state index in [0.29, 0.717) is 25.9 Å².